The summed E-state index contributed by atoms with van der Waals surface area (Å²) < 4.78 is 16.7. The summed E-state index contributed by atoms with van der Waals surface area (Å²) in [5, 5.41) is 54.0. The number of fused-ring (bicyclic) bond motifs is 1. The maximum atomic E-state index is 14.1. The van der Waals surface area contributed by atoms with E-state index in [2.05, 4.69) is 5.32 Å². The summed E-state index contributed by atoms with van der Waals surface area (Å²) in [5.74, 6) is -4.34. The number of aliphatic hydroxyl groups excluding tert-OH is 3. The van der Waals surface area contributed by atoms with Crippen molar-refractivity contribution in [2.24, 2.45) is 5.92 Å². The molecule has 4 rings (SSSR count). The molecule has 0 spiro atoms. The van der Waals surface area contributed by atoms with Crippen molar-refractivity contribution < 1.29 is 54.1 Å². The molecule has 6 N–H and O–H groups in total. The summed E-state index contributed by atoms with van der Waals surface area (Å²) >= 11 is 0. The smallest absolute Gasteiger partial charge is 0.347 e. The highest BCUT2D eigenvalue weighted by molar-refractivity contribution is 5.84. The zero-order valence-electron chi connectivity index (χ0n) is 23.3. The van der Waals surface area contributed by atoms with Crippen LogP contribution < -0.4 is 5.32 Å². The zero-order valence-corrected chi connectivity index (χ0v) is 23.3. The maximum absolute atomic E-state index is 14.1. The molecule has 12 heteroatoms. The van der Waals surface area contributed by atoms with Gasteiger partial charge in [0, 0.05) is 37.1 Å². The van der Waals surface area contributed by atoms with Crippen molar-refractivity contribution in [2.75, 3.05) is 20.3 Å². The molecule has 0 bridgehead atoms. The zero-order chi connectivity index (χ0) is 31.1. The lowest BCUT2D eigenvalue weighted by Crippen LogP contribution is -2.39. The van der Waals surface area contributed by atoms with Crippen LogP contribution in [0.25, 0.3) is 0 Å². The Kier molecular flexibility index (Phi) is 10.1. The molecule has 1 saturated heterocycles. The van der Waals surface area contributed by atoms with Crippen LogP contribution in [-0.2, 0) is 28.6 Å². The van der Waals surface area contributed by atoms with Gasteiger partial charge < -0.3 is 49.9 Å². The standard InChI is InChI=1S/C31H33NO11/c1-41-30(39)26(13-17-6-8-19(34)15-20(35)12-17)43-31(40)28-27-21(23(36)5-2-4-22(27)32-10-3-11-33)16-42-29(28)18-7-9-24(37)25(38)14-18/h2,5-9,11-12,14-15,19,26,28-29,32,34-38H,3-4,10,13,16H2,1H3. The molecule has 0 aromatic heterocycles. The monoisotopic (exact) mass is 595 g/mol. The minimum atomic E-state index is -1.48. The van der Waals surface area contributed by atoms with E-state index in [0.29, 0.717) is 22.4 Å². The van der Waals surface area contributed by atoms with Gasteiger partial charge in [-0.25, -0.2) is 4.79 Å². The molecular weight excluding hydrogens is 562 g/mol. The Labute approximate surface area is 247 Å². The van der Waals surface area contributed by atoms with Crippen molar-refractivity contribution >= 4 is 18.2 Å². The lowest BCUT2D eigenvalue weighted by Gasteiger charge is -2.36. The number of aldehydes is 1. The largest absolute Gasteiger partial charge is 0.508 e. The number of benzene rings is 1. The number of esters is 2. The van der Waals surface area contributed by atoms with Crippen LogP contribution >= 0.6 is 0 Å². The average Bonchev–Trinajstić information content (AvgIpc) is 3.24. The van der Waals surface area contributed by atoms with Crippen LogP contribution in [0.2, 0.25) is 0 Å². The first-order valence-electron chi connectivity index (χ1n) is 13.5. The first-order valence-corrected chi connectivity index (χ1v) is 13.5. The van der Waals surface area contributed by atoms with E-state index in [1.807, 2.05) is 0 Å². The van der Waals surface area contributed by atoms with E-state index in [4.69, 9.17) is 14.2 Å². The van der Waals surface area contributed by atoms with E-state index < -0.39 is 41.9 Å². The second-order valence-electron chi connectivity index (χ2n) is 10.0. The number of carbonyl (C=O) groups excluding carboxylic acids is 3. The summed E-state index contributed by atoms with van der Waals surface area (Å²) in [7, 11) is 1.13. The molecule has 4 unspecified atom stereocenters. The van der Waals surface area contributed by atoms with E-state index in [1.54, 1.807) is 6.08 Å². The molecule has 1 aromatic rings. The fourth-order valence-electron chi connectivity index (χ4n) is 5.06. The fraction of sp³-hybridized carbons (Fsp3) is 0.323. The topological polar surface area (TPSA) is 192 Å². The summed E-state index contributed by atoms with van der Waals surface area (Å²) in [6, 6.07) is 3.94. The van der Waals surface area contributed by atoms with Crippen molar-refractivity contribution in [1.29, 1.82) is 0 Å². The second-order valence-corrected chi connectivity index (χ2v) is 10.0. The molecule has 228 valence electrons. The Hall–Kier alpha value is -4.81. The Morgan fingerprint density at radius 3 is 2.67 bits per heavy atom. The molecule has 2 aliphatic carbocycles. The van der Waals surface area contributed by atoms with Crippen LogP contribution in [0.15, 0.2) is 88.6 Å². The lowest BCUT2D eigenvalue weighted by atomic mass is 9.80. The predicted octanol–water partition coefficient (Wildman–Crippen LogP) is 2.76. The highest BCUT2D eigenvalue weighted by atomic mass is 16.6. The van der Waals surface area contributed by atoms with Gasteiger partial charge in [-0.15, -0.1) is 0 Å². The molecule has 0 radical (unpaired) electrons. The van der Waals surface area contributed by atoms with E-state index in [9.17, 15) is 39.9 Å². The van der Waals surface area contributed by atoms with Crippen molar-refractivity contribution in [3.8, 4) is 11.5 Å². The molecule has 1 fully saturated rings. The van der Waals surface area contributed by atoms with Crippen molar-refractivity contribution in [2.45, 2.75) is 37.6 Å². The Balaban J connectivity index is 1.78. The van der Waals surface area contributed by atoms with Gasteiger partial charge in [0.2, 0.25) is 6.10 Å². The summed E-state index contributed by atoms with van der Waals surface area (Å²) in [6.07, 6.45) is 5.83. The Morgan fingerprint density at radius 2 is 1.95 bits per heavy atom. The fourth-order valence-corrected chi connectivity index (χ4v) is 5.06. The van der Waals surface area contributed by atoms with Gasteiger partial charge in [0.25, 0.3) is 0 Å². The van der Waals surface area contributed by atoms with Gasteiger partial charge in [-0.2, -0.15) is 0 Å². The highest BCUT2D eigenvalue weighted by Crippen LogP contribution is 2.45. The van der Waals surface area contributed by atoms with E-state index in [-0.39, 0.29) is 55.3 Å². The number of phenolic OH excluding ortho intramolecular Hbond substituents is 2. The number of rotatable bonds is 10. The maximum Gasteiger partial charge on any atom is 0.347 e. The molecule has 3 aliphatic rings. The highest BCUT2D eigenvalue weighted by Gasteiger charge is 2.44. The third-order valence-electron chi connectivity index (χ3n) is 7.09. The number of hydrogen-bond donors (Lipinski definition) is 6. The third kappa shape index (κ3) is 7.34. The molecule has 0 amide bonds. The quantitative estimate of drug-likeness (QED) is 0.100. The normalized spacial score (nSPS) is 22.4. The summed E-state index contributed by atoms with van der Waals surface area (Å²) in [5.41, 5.74) is 1.81. The van der Waals surface area contributed by atoms with Crippen LogP contribution in [-0.4, -0.2) is 76.2 Å². The average molecular weight is 596 g/mol. The van der Waals surface area contributed by atoms with E-state index in [1.165, 1.54) is 48.6 Å². The number of allylic oxidation sites excluding steroid dienone is 4. The van der Waals surface area contributed by atoms with E-state index >= 15 is 0 Å². The number of phenols is 2. The van der Waals surface area contributed by atoms with Gasteiger partial charge >= 0.3 is 11.9 Å². The number of nitrogens with one attached hydrogen (secondary N) is 1. The summed E-state index contributed by atoms with van der Waals surface area (Å²) in [4.78, 5) is 38.0. The summed E-state index contributed by atoms with van der Waals surface area (Å²) in [6.45, 7) is 0.109. The molecule has 0 saturated carbocycles. The molecule has 1 heterocycles. The Morgan fingerprint density at radius 1 is 1.16 bits per heavy atom. The first kappa shape index (κ1) is 31.1. The van der Waals surface area contributed by atoms with Crippen LogP contribution in [0.3, 0.4) is 0 Å². The van der Waals surface area contributed by atoms with Crippen LogP contribution in [0.1, 0.15) is 30.9 Å². The SMILES string of the molecule is COC(=O)C(CC1=CC(O)=CC(O)C=C1)OC(=O)C1C2=C(NCCC=O)CC=CC(O)=C2COC1c1ccc(O)c(O)c1. The number of aliphatic hydroxyl groups is 3. The van der Waals surface area contributed by atoms with Gasteiger partial charge in [0.05, 0.1) is 19.8 Å². The predicted molar refractivity (Wildman–Crippen MR) is 152 cm³/mol. The second kappa shape index (κ2) is 13.9. The molecule has 43 heavy (non-hydrogen) atoms. The van der Waals surface area contributed by atoms with Gasteiger partial charge in [-0.1, -0.05) is 24.3 Å². The van der Waals surface area contributed by atoms with Crippen molar-refractivity contribution in [3.63, 3.8) is 0 Å². The molecule has 1 aliphatic heterocycles. The van der Waals surface area contributed by atoms with Gasteiger partial charge in [0.15, 0.2) is 11.5 Å². The number of ether oxygens (including phenoxy) is 3. The number of hydrogen-bond acceptors (Lipinski definition) is 12. The third-order valence-corrected chi connectivity index (χ3v) is 7.09. The van der Waals surface area contributed by atoms with Gasteiger partial charge in [-0.3, -0.25) is 4.79 Å². The minimum absolute atomic E-state index is 0.132. The molecular formula is C31H33NO11. The minimum Gasteiger partial charge on any atom is -0.508 e. The lowest BCUT2D eigenvalue weighted by molar-refractivity contribution is -0.171. The first-order chi connectivity index (χ1) is 20.6. The van der Waals surface area contributed by atoms with Crippen LogP contribution in [0, 0.1) is 5.92 Å². The molecule has 1 aromatic carbocycles. The van der Waals surface area contributed by atoms with Gasteiger partial charge in [0.1, 0.15) is 29.8 Å². The van der Waals surface area contributed by atoms with Crippen LogP contribution in [0.4, 0.5) is 0 Å². The number of carbonyl (C=O) groups is 3. The van der Waals surface area contributed by atoms with Crippen LogP contribution in [0.5, 0.6) is 11.5 Å². The number of methoxy groups -OCH3 is 1. The Bertz CT molecular complexity index is 1450. The number of aromatic hydroxyl groups is 2. The van der Waals surface area contributed by atoms with Crippen molar-refractivity contribution in [3.05, 3.63) is 94.2 Å². The van der Waals surface area contributed by atoms with Crippen molar-refractivity contribution in [1.82, 2.24) is 5.32 Å². The molecule has 4 atom stereocenters. The molecule has 12 nitrogen and oxygen atoms in total. The van der Waals surface area contributed by atoms with E-state index in [0.717, 1.165) is 13.4 Å². The van der Waals surface area contributed by atoms with Gasteiger partial charge in [-0.05, 0) is 47.1 Å².